The molecule has 90 valence electrons. The van der Waals surface area contributed by atoms with Gasteiger partial charge in [-0.15, -0.1) is 0 Å². The molecule has 0 aliphatic heterocycles. The van der Waals surface area contributed by atoms with Crippen molar-refractivity contribution in [1.29, 1.82) is 0 Å². The minimum Gasteiger partial charge on any atom is -0.389 e. The molecule has 2 atom stereocenters. The van der Waals surface area contributed by atoms with Gasteiger partial charge in [0.25, 0.3) is 0 Å². The Bertz CT molecular complexity index is 336. The summed E-state index contributed by atoms with van der Waals surface area (Å²) in [5, 5.41) is 19.6. The molecule has 1 aromatic rings. The Morgan fingerprint density at radius 2 is 0.812 bits per heavy atom. The van der Waals surface area contributed by atoms with Crippen LogP contribution in [0.15, 0.2) is 0 Å². The van der Waals surface area contributed by atoms with Gasteiger partial charge >= 0.3 is 0 Å². The van der Waals surface area contributed by atoms with Crippen LogP contribution in [0, 0.1) is 27.7 Å². The molecule has 0 saturated heterocycles. The maximum Gasteiger partial charge on any atom is 0.0767 e. The van der Waals surface area contributed by atoms with Gasteiger partial charge in [-0.2, -0.15) is 0 Å². The molecule has 0 saturated carbocycles. The molecule has 2 N–H and O–H groups in total. The van der Waals surface area contributed by atoms with Crippen LogP contribution in [-0.4, -0.2) is 10.2 Å². The molecular weight excluding hydrogens is 200 g/mol. The lowest BCUT2D eigenvalue weighted by Crippen LogP contribution is -2.09. The van der Waals surface area contributed by atoms with Gasteiger partial charge in [0.15, 0.2) is 0 Å². The van der Waals surface area contributed by atoms with Crippen molar-refractivity contribution in [2.45, 2.75) is 53.8 Å². The first-order valence-corrected chi connectivity index (χ1v) is 5.75. The standard InChI is InChI=1S/C14H22O2/c1-7-8(2)14(12(6)16)10(4)9(3)13(7)11(5)15/h11-12,15-16H,1-6H3. The van der Waals surface area contributed by atoms with E-state index in [1.807, 2.05) is 27.7 Å². The summed E-state index contributed by atoms with van der Waals surface area (Å²) in [4.78, 5) is 0. The molecule has 0 aromatic heterocycles. The Balaban J connectivity index is 3.63. The van der Waals surface area contributed by atoms with Crippen LogP contribution in [0.2, 0.25) is 0 Å². The maximum atomic E-state index is 9.80. The van der Waals surface area contributed by atoms with Gasteiger partial charge in [0.2, 0.25) is 0 Å². The Labute approximate surface area is 97.9 Å². The van der Waals surface area contributed by atoms with E-state index in [1.165, 1.54) is 0 Å². The van der Waals surface area contributed by atoms with Gasteiger partial charge in [-0.25, -0.2) is 0 Å². The highest BCUT2D eigenvalue weighted by Gasteiger charge is 2.19. The molecule has 16 heavy (non-hydrogen) atoms. The summed E-state index contributed by atoms with van der Waals surface area (Å²) in [6.45, 7) is 11.6. The second kappa shape index (κ2) is 4.56. The highest BCUT2D eigenvalue weighted by molar-refractivity contribution is 5.51. The van der Waals surface area contributed by atoms with Crippen molar-refractivity contribution < 1.29 is 10.2 Å². The normalized spacial score (nSPS) is 15.0. The molecule has 0 bridgehead atoms. The van der Waals surface area contributed by atoms with Crippen LogP contribution in [0.1, 0.15) is 59.4 Å². The first-order chi connectivity index (χ1) is 7.29. The first kappa shape index (κ1) is 13.2. The van der Waals surface area contributed by atoms with Gasteiger partial charge < -0.3 is 10.2 Å². The molecule has 0 fully saturated rings. The third-order valence-electron chi connectivity index (χ3n) is 3.58. The van der Waals surface area contributed by atoms with Gasteiger partial charge in [0.1, 0.15) is 0 Å². The highest BCUT2D eigenvalue weighted by Crippen LogP contribution is 2.33. The minimum absolute atomic E-state index is 0.458. The zero-order valence-electron chi connectivity index (χ0n) is 11.0. The average molecular weight is 222 g/mol. The summed E-state index contributed by atoms with van der Waals surface area (Å²) in [7, 11) is 0. The lowest BCUT2D eigenvalue weighted by atomic mass is 9.85. The third-order valence-corrected chi connectivity index (χ3v) is 3.58. The van der Waals surface area contributed by atoms with Crippen LogP contribution in [-0.2, 0) is 0 Å². The van der Waals surface area contributed by atoms with Gasteiger partial charge in [0, 0.05) is 0 Å². The number of hydrogen-bond acceptors (Lipinski definition) is 2. The quantitative estimate of drug-likeness (QED) is 0.807. The summed E-state index contributed by atoms with van der Waals surface area (Å²) in [5.41, 5.74) is 6.37. The predicted molar refractivity (Wildman–Crippen MR) is 66.7 cm³/mol. The zero-order chi connectivity index (χ0) is 12.6. The van der Waals surface area contributed by atoms with Crippen molar-refractivity contribution in [1.82, 2.24) is 0 Å². The Morgan fingerprint density at radius 3 is 0.938 bits per heavy atom. The Hall–Kier alpha value is -0.860. The van der Waals surface area contributed by atoms with Gasteiger partial charge in [-0.1, -0.05) is 0 Å². The largest absolute Gasteiger partial charge is 0.389 e. The molecule has 2 heteroatoms. The highest BCUT2D eigenvalue weighted by atomic mass is 16.3. The fraction of sp³-hybridized carbons (Fsp3) is 0.571. The van der Waals surface area contributed by atoms with Gasteiger partial charge in [-0.05, 0) is 74.9 Å². The van der Waals surface area contributed by atoms with E-state index in [0.29, 0.717) is 0 Å². The van der Waals surface area contributed by atoms with Crippen LogP contribution in [0.3, 0.4) is 0 Å². The second-order valence-corrected chi connectivity index (χ2v) is 4.68. The van der Waals surface area contributed by atoms with Gasteiger partial charge in [-0.3, -0.25) is 0 Å². The van der Waals surface area contributed by atoms with E-state index in [1.54, 1.807) is 13.8 Å². The van der Waals surface area contributed by atoms with E-state index >= 15 is 0 Å². The molecule has 1 rings (SSSR count). The molecule has 0 radical (unpaired) electrons. The number of aliphatic hydroxyl groups excluding tert-OH is 2. The zero-order valence-corrected chi connectivity index (χ0v) is 11.0. The smallest absolute Gasteiger partial charge is 0.0767 e. The molecule has 1 aromatic carbocycles. The van der Waals surface area contributed by atoms with Crippen molar-refractivity contribution >= 4 is 0 Å². The maximum absolute atomic E-state index is 9.80. The van der Waals surface area contributed by atoms with Crippen molar-refractivity contribution in [2.24, 2.45) is 0 Å². The SMILES string of the molecule is Cc1c(C)c(C(C)O)c(C)c(C)c1C(C)O. The Morgan fingerprint density at radius 1 is 0.625 bits per heavy atom. The van der Waals surface area contributed by atoms with Crippen LogP contribution < -0.4 is 0 Å². The topological polar surface area (TPSA) is 40.5 Å². The fourth-order valence-corrected chi connectivity index (χ4v) is 2.62. The summed E-state index contributed by atoms with van der Waals surface area (Å²) < 4.78 is 0. The monoisotopic (exact) mass is 222 g/mol. The van der Waals surface area contributed by atoms with E-state index in [-0.39, 0.29) is 0 Å². The molecule has 0 spiro atoms. The number of benzene rings is 1. The number of aliphatic hydroxyl groups is 2. The second-order valence-electron chi connectivity index (χ2n) is 4.68. The summed E-state index contributed by atoms with van der Waals surface area (Å²) in [6.07, 6.45) is -0.916. The number of rotatable bonds is 2. The molecule has 0 aliphatic rings. The van der Waals surface area contributed by atoms with Crippen LogP contribution in [0.4, 0.5) is 0 Å². The number of hydrogen-bond donors (Lipinski definition) is 2. The summed E-state index contributed by atoms with van der Waals surface area (Å²) in [5.74, 6) is 0. The van der Waals surface area contributed by atoms with Crippen molar-refractivity contribution in [2.75, 3.05) is 0 Å². The van der Waals surface area contributed by atoms with E-state index in [9.17, 15) is 10.2 Å². The van der Waals surface area contributed by atoms with Crippen molar-refractivity contribution in [3.8, 4) is 0 Å². The van der Waals surface area contributed by atoms with E-state index < -0.39 is 12.2 Å². The van der Waals surface area contributed by atoms with Crippen LogP contribution >= 0.6 is 0 Å². The first-order valence-electron chi connectivity index (χ1n) is 5.75. The molecule has 0 heterocycles. The van der Waals surface area contributed by atoms with Crippen molar-refractivity contribution in [3.63, 3.8) is 0 Å². The fourth-order valence-electron chi connectivity index (χ4n) is 2.62. The molecule has 0 aliphatic carbocycles. The lowest BCUT2D eigenvalue weighted by molar-refractivity contribution is 0.192. The lowest BCUT2D eigenvalue weighted by Gasteiger charge is -2.23. The molecule has 2 nitrogen and oxygen atoms in total. The van der Waals surface area contributed by atoms with E-state index in [2.05, 4.69) is 0 Å². The molecular formula is C14H22O2. The predicted octanol–water partition coefficient (Wildman–Crippen LogP) is 3.03. The van der Waals surface area contributed by atoms with Crippen LogP contribution in [0.5, 0.6) is 0 Å². The summed E-state index contributed by atoms with van der Waals surface area (Å²) >= 11 is 0. The van der Waals surface area contributed by atoms with Crippen molar-refractivity contribution in [3.05, 3.63) is 33.4 Å². The Kier molecular flexibility index (Phi) is 3.76. The van der Waals surface area contributed by atoms with Gasteiger partial charge in [0.05, 0.1) is 12.2 Å². The third kappa shape index (κ3) is 2.00. The van der Waals surface area contributed by atoms with Crippen LogP contribution in [0.25, 0.3) is 0 Å². The molecule has 0 amide bonds. The summed E-state index contributed by atoms with van der Waals surface area (Å²) in [6, 6.07) is 0. The average Bonchev–Trinajstić information content (AvgIpc) is 2.14. The minimum atomic E-state index is -0.458. The molecule has 2 unspecified atom stereocenters. The van der Waals surface area contributed by atoms with E-state index in [0.717, 1.165) is 33.4 Å². The van der Waals surface area contributed by atoms with E-state index in [4.69, 9.17) is 0 Å².